The Morgan fingerprint density at radius 1 is 0.771 bits per heavy atom. The van der Waals surface area contributed by atoms with Crippen molar-refractivity contribution in [2.45, 2.75) is 45.4 Å². The van der Waals surface area contributed by atoms with E-state index in [0.717, 1.165) is 49.7 Å². The first kappa shape index (κ1) is 35.1. The molecule has 0 aromatic heterocycles. The van der Waals surface area contributed by atoms with Crippen molar-refractivity contribution in [1.29, 1.82) is 5.26 Å². The maximum atomic E-state index is 12.7. The second-order valence-electron chi connectivity index (χ2n) is 11.0. The van der Waals surface area contributed by atoms with Gasteiger partial charge in [-0.05, 0) is 85.0 Å². The summed E-state index contributed by atoms with van der Waals surface area (Å²) in [4.78, 5) is 46.0. The lowest BCUT2D eigenvalue weighted by Gasteiger charge is -2.10. The Bertz CT molecular complexity index is 1740. The quantitative estimate of drug-likeness (QED) is 0.0228. The minimum absolute atomic E-state index is 0.126. The number of nitrogens with zero attached hydrogens (tertiary/aromatic N) is 1. The number of hydrogen-bond donors (Lipinski definition) is 1. The summed E-state index contributed by atoms with van der Waals surface area (Å²) in [5, 5.41) is 18.7. The summed E-state index contributed by atoms with van der Waals surface area (Å²) in [5.41, 5.74) is 3.45. The van der Waals surface area contributed by atoms with Crippen LogP contribution < -0.4 is 9.47 Å². The summed E-state index contributed by atoms with van der Waals surface area (Å²) in [5.74, 6) is -1.31. The first-order chi connectivity index (χ1) is 23.3. The van der Waals surface area contributed by atoms with Crippen LogP contribution in [0, 0.1) is 18.3 Å². The van der Waals surface area contributed by atoms with E-state index in [1.165, 1.54) is 6.08 Å². The van der Waals surface area contributed by atoms with Gasteiger partial charge in [0, 0.05) is 0 Å². The van der Waals surface area contributed by atoms with Crippen LogP contribution in [0.2, 0.25) is 0 Å². The van der Waals surface area contributed by atoms with Crippen molar-refractivity contribution in [2.24, 2.45) is 0 Å². The fourth-order valence-corrected chi connectivity index (χ4v) is 4.79. The number of nitriles is 1. The van der Waals surface area contributed by atoms with Crippen LogP contribution in [0.4, 0.5) is 0 Å². The van der Waals surface area contributed by atoms with Crippen LogP contribution in [0.25, 0.3) is 17.2 Å². The number of carbonyl (C=O) groups excluding carboxylic acids is 2. The fraction of sp³-hybridized carbons (Fsp3) is 0.231. The van der Waals surface area contributed by atoms with Crippen molar-refractivity contribution in [3.63, 3.8) is 0 Å². The van der Waals surface area contributed by atoms with Gasteiger partial charge in [-0.15, -0.1) is 0 Å². The van der Waals surface area contributed by atoms with Crippen molar-refractivity contribution < 1.29 is 38.7 Å². The highest BCUT2D eigenvalue weighted by Gasteiger charge is 2.14. The third-order valence-electron chi connectivity index (χ3n) is 7.35. The summed E-state index contributed by atoms with van der Waals surface area (Å²) in [6, 6.07) is 29.5. The first-order valence-corrected chi connectivity index (χ1v) is 15.7. The lowest BCUT2D eigenvalue weighted by atomic mass is 9.97. The molecule has 0 amide bonds. The Labute approximate surface area is 279 Å². The standard InChI is InChI=1S/C39H37NO8/c1-28-13-22-35(37(41)42)36(25-28)30-14-20-34(21-15-30)47-38(43)31-16-18-33(19-17-31)45-23-9-4-2-3-5-10-24-46-48-39(44)32(27-40)26-29-11-7-6-8-12-29/h6-8,11-22,25-26H,2-5,9-10,23-24H2,1H3,(H,41,42)/b32-26+. The van der Waals surface area contributed by atoms with Crippen molar-refractivity contribution in [2.75, 3.05) is 13.2 Å². The van der Waals surface area contributed by atoms with Crippen molar-refractivity contribution in [3.8, 4) is 28.7 Å². The van der Waals surface area contributed by atoms with E-state index in [2.05, 4.69) is 0 Å². The van der Waals surface area contributed by atoms with Gasteiger partial charge in [0.15, 0.2) is 0 Å². The molecule has 0 atom stereocenters. The van der Waals surface area contributed by atoms with Gasteiger partial charge in [0.1, 0.15) is 23.1 Å². The zero-order chi connectivity index (χ0) is 34.1. The smallest absolute Gasteiger partial charge is 0.383 e. The number of benzene rings is 4. The van der Waals surface area contributed by atoms with E-state index in [1.54, 1.807) is 72.8 Å². The topological polar surface area (TPSA) is 132 Å². The van der Waals surface area contributed by atoms with Crippen molar-refractivity contribution in [3.05, 3.63) is 125 Å². The van der Waals surface area contributed by atoms with Gasteiger partial charge < -0.3 is 14.6 Å². The summed E-state index contributed by atoms with van der Waals surface area (Å²) in [7, 11) is 0. The van der Waals surface area contributed by atoms with Crippen molar-refractivity contribution >= 4 is 24.0 Å². The molecule has 1 N–H and O–H groups in total. The number of esters is 1. The number of carboxylic acid groups (broad SMARTS) is 1. The highest BCUT2D eigenvalue weighted by molar-refractivity contribution is 5.98. The molecule has 0 aliphatic carbocycles. The summed E-state index contributed by atoms with van der Waals surface area (Å²) in [6.07, 6.45) is 7.02. The summed E-state index contributed by atoms with van der Waals surface area (Å²) < 4.78 is 11.3. The maximum Gasteiger partial charge on any atom is 0.383 e. The first-order valence-electron chi connectivity index (χ1n) is 15.7. The molecule has 0 heterocycles. The molecule has 0 fully saturated rings. The minimum Gasteiger partial charge on any atom is -0.494 e. The molecule has 246 valence electrons. The molecule has 0 aliphatic rings. The van der Waals surface area contributed by atoms with E-state index in [9.17, 15) is 24.8 Å². The van der Waals surface area contributed by atoms with Gasteiger partial charge in [-0.25, -0.2) is 14.4 Å². The summed E-state index contributed by atoms with van der Waals surface area (Å²) >= 11 is 0. The lowest BCUT2D eigenvalue weighted by molar-refractivity contribution is -0.268. The molecule has 9 nitrogen and oxygen atoms in total. The van der Waals surface area contributed by atoms with Gasteiger partial charge in [0.2, 0.25) is 0 Å². The fourth-order valence-electron chi connectivity index (χ4n) is 4.79. The molecule has 0 unspecified atom stereocenters. The molecule has 0 bridgehead atoms. The van der Waals surface area contributed by atoms with Crippen molar-refractivity contribution in [1.82, 2.24) is 0 Å². The van der Waals surface area contributed by atoms with Crippen LogP contribution in [-0.4, -0.2) is 36.2 Å². The van der Waals surface area contributed by atoms with Gasteiger partial charge in [0.05, 0.1) is 24.3 Å². The number of ether oxygens (including phenoxy) is 2. The molecular weight excluding hydrogens is 610 g/mol. The zero-order valence-corrected chi connectivity index (χ0v) is 26.7. The van der Waals surface area contributed by atoms with Gasteiger partial charge in [-0.3, -0.25) is 4.89 Å². The number of rotatable bonds is 17. The Morgan fingerprint density at radius 3 is 2.08 bits per heavy atom. The molecular formula is C39H37NO8. The number of hydrogen-bond acceptors (Lipinski definition) is 8. The SMILES string of the molecule is Cc1ccc(C(=O)O)c(-c2ccc(OC(=O)c3ccc(OCCCCCCCCOOC(=O)/C(C#N)=C/c4ccccc4)cc3)cc2)c1. The average Bonchev–Trinajstić information content (AvgIpc) is 3.10. The predicted octanol–water partition coefficient (Wildman–Crippen LogP) is 8.38. The number of carboxylic acids is 1. The van der Waals surface area contributed by atoms with Crippen LogP contribution >= 0.6 is 0 Å². The van der Waals surface area contributed by atoms with Gasteiger partial charge in [0.25, 0.3) is 0 Å². The number of carbonyl (C=O) groups is 3. The van der Waals surface area contributed by atoms with E-state index >= 15 is 0 Å². The molecule has 9 heteroatoms. The number of aryl methyl sites for hydroxylation is 1. The lowest BCUT2D eigenvalue weighted by Crippen LogP contribution is -2.08. The van der Waals surface area contributed by atoms with E-state index in [4.69, 9.17) is 19.2 Å². The third-order valence-corrected chi connectivity index (χ3v) is 7.35. The molecule has 4 aromatic carbocycles. The molecule has 48 heavy (non-hydrogen) atoms. The van der Waals surface area contributed by atoms with Crippen LogP contribution in [0.15, 0.2) is 103 Å². The van der Waals surface area contributed by atoms with E-state index in [-0.39, 0.29) is 17.7 Å². The normalized spacial score (nSPS) is 11.0. The zero-order valence-electron chi connectivity index (χ0n) is 26.7. The number of unbranched alkanes of at least 4 members (excludes halogenated alkanes) is 5. The second-order valence-corrected chi connectivity index (χ2v) is 11.0. The monoisotopic (exact) mass is 647 g/mol. The van der Waals surface area contributed by atoms with Gasteiger partial charge in [-0.2, -0.15) is 10.1 Å². The average molecular weight is 648 g/mol. The highest BCUT2D eigenvalue weighted by Crippen LogP contribution is 2.27. The Balaban J connectivity index is 1.07. The molecule has 4 aromatic rings. The van der Waals surface area contributed by atoms with Crippen LogP contribution in [0.1, 0.15) is 70.4 Å². The largest absolute Gasteiger partial charge is 0.494 e. The van der Waals surface area contributed by atoms with Crippen LogP contribution in [-0.2, 0) is 14.6 Å². The predicted molar refractivity (Wildman–Crippen MR) is 180 cm³/mol. The second kappa shape index (κ2) is 18.4. The Morgan fingerprint density at radius 2 is 1.42 bits per heavy atom. The molecule has 0 spiro atoms. The minimum atomic E-state index is -1.00. The van der Waals surface area contributed by atoms with E-state index in [0.29, 0.717) is 34.8 Å². The van der Waals surface area contributed by atoms with Gasteiger partial charge >= 0.3 is 17.9 Å². The Kier molecular flexibility index (Phi) is 13.5. The summed E-state index contributed by atoms with van der Waals surface area (Å²) in [6.45, 7) is 2.71. The van der Waals surface area contributed by atoms with E-state index < -0.39 is 17.9 Å². The molecule has 0 saturated carbocycles. The maximum absolute atomic E-state index is 12.7. The molecule has 0 saturated heterocycles. The van der Waals surface area contributed by atoms with Gasteiger partial charge in [-0.1, -0.05) is 85.8 Å². The third kappa shape index (κ3) is 11.0. The highest BCUT2D eigenvalue weighted by atomic mass is 17.2. The number of aromatic carboxylic acids is 1. The molecule has 4 rings (SSSR count). The molecule has 0 aliphatic heterocycles. The Hall–Kier alpha value is -5.72. The van der Waals surface area contributed by atoms with Crippen LogP contribution in [0.5, 0.6) is 11.5 Å². The van der Waals surface area contributed by atoms with E-state index in [1.807, 2.05) is 37.3 Å². The molecule has 0 radical (unpaired) electrons. The van der Waals surface area contributed by atoms with Crippen LogP contribution in [0.3, 0.4) is 0 Å².